The number of hydrogen-bond donors (Lipinski definition) is 1. The van der Waals surface area contributed by atoms with Crippen LogP contribution in [0.2, 0.25) is 0 Å². The molecule has 6 heteroatoms. The second-order valence-electron chi connectivity index (χ2n) is 4.82. The normalized spacial score (nSPS) is 10.6. The molecule has 23 heavy (non-hydrogen) atoms. The Hall–Kier alpha value is -2.47. The van der Waals surface area contributed by atoms with Crippen LogP contribution in [0.5, 0.6) is 0 Å². The number of nitrogens with one attached hydrogen (secondary N) is 1. The average Bonchev–Trinajstić information content (AvgIpc) is 3.26. The fraction of sp³-hybridized carbons (Fsp3) is 0.176. The van der Waals surface area contributed by atoms with Crippen molar-refractivity contribution < 1.29 is 13.7 Å². The Kier molecular flexibility index (Phi) is 5.16. The lowest BCUT2D eigenvalue weighted by molar-refractivity contribution is 0.0945. The molecule has 3 rings (SSSR count). The van der Waals surface area contributed by atoms with Crippen molar-refractivity contribution in [1.29, 1.82) is 0 Å². The van der Waals surface area contributed by atoms with E-state index in [2.05, 4.69) is 22.6 Å². The number of carbonyl (C=O) groups is 1. The molecule has 3 aromatic rings. The van der Waals surface area contributed by atoms with E-state index in [1.165, 1.54) is 4.90 Å². The molecule has 0 atom stereocenters. The van der Waals surface area contributed by atoms with Gasteiger partial charge in [0.1, 0.15) is 0 Å². The molecule has 118 valence electrons. The van der Waals surface area contributed by atoms with E-state index in [-0.39, 0.29) is 11.6 Å². The minimum absolute atomic E-state index is 0.240. The third-order valence-corrected chi connectivity index (χ3v) is 4.22. The Morgan fingerprint density at radius 2 is 2.00 bits per heavy atom. The summed E-state index contributed by atoms with van der Waals surface area (Å²) in [7, 11) is 0. The highest BCUT2D eigenvalue weighted by atomic mass is 32.2. The lowest BCUT2D eigenvalue weighted by Gasteiger charge is -2.03. The number of carbonyl (C=O) groups excluding carboxylic acids is 1. The first-order valence-electron chi connectivity index (χ1n) is 7.29. The first-order valence-corrected chi connectivity index (χ1v) is 8.28. The number of aromatic nitrogens is 1. The van der Waals surface area contributed by atoms with E-state index in [0.29, 0.717) is 18.1 Å². The van der Waals surface area contributed by atoms with Crippen molar-refractivity contribution in [3.05, 3.63) is 60.5 Å². The van der Waals surface area contributed by atoms with Crippen LogP contribution in [0.4, 0.5) is 0 Å². The van der Waals surface area contributed by atoms with Crippen molar-refractivity contribution in [1.82, 2.24) is 10.5 Å². The monoisotopic (exact) mass is 328 g/mol. The second-order valence-corrected chi connectivity index (χ2v) is 5.99. The van der Waals surface area contributed by atoms with Gasteiger partial charge in [-0.2, -0.15) is 0 Å². The molecule has 2 aromatic heterocycles. The van der Waals surface area contributed by atoms with Crippen molar-refractivity contribution in [2.45, 2.75) is 11.3 Å². The summed E-state index contributed by atoms with van der Waals surface area (Å²) in [6, 6.07) is 15.3. The van der Waals surface area contributed by atoms with Crippen LogP contribution < -0.4 is 5.32 Å². The van der Waals surface area contributed by atoms with Crippen LogP contribution in [-0.2, 0) is 0 Å². The SMILES string of the molecule is O=C(NCCCSc1ccccc1)c1cc(-c2ccco2)on1. The minimum atomic E-state index is -0.240. The highest BCUT2D eigenvalue weighted by Crippen LogP contribution is 2.20. The highest BCUT2D eigenvalue weighted by molar-refractivity contribution is 7.99. The van der Waals surface area contributed by atoms with Gasteiger partial charge in [-0.25, -0.2) is 0 Å². The smallest absolute Gasteiger partial charge is 0.273 e. The summed E-state index contributed by atoms with van der Waals surface area (Å²) in [5, 5.41) is 6.60. The van der Waals surface area contributed by atoms with Gasteiger partial charge in [0, 0.05) is 17.5 Å². The zero-order valence-corrected chi connectivity index (χ0v) is 13.2. The Bertz CT molecular complexity index is 738. The van der Waals surface area contributed by atoms with Gasteiger partial charge in [-0.05, 0) is 36.4 Å². The second kappa shape index (κ2) is 7.69. The third-order valence-electron chi connectivity index (χ3n) is 3.13. The number of thioether (sulfide) groups is 1. The fourth-order valence-electron chi connectivity index (χ4n) is 1.99. The van der Waals surface area contributed by atoms with E-state index >= 15 is 0 Å². The van der Waals surface area contributed by atoms with Crippen LogP contribution in [-0.4, -0.2) is 23.4 Å². The van der Waals surface area contributed by atoms with E-state index in [0.717, 1.165) is 12.2 Å². The van der Waals surface area contributed by atoms with Gasteiger partial charge in [0.2, 0.25) is 5.76 Å². The summed E-state index contributed by atoms with van der Waals surface area (Å²) in [4.78, 5) is 13.2. The number of hydrogen-bond acceptors (Lipinski definition) is 5. The quantitative estimate of drug-likeness (QED) is 0.527. The summed E-state index contributed by atoms with van der Waals surface area (Å²) in [6.45, 7) is 0.599. The Morgan fingerprint density at radius 3 is 2.78 bits per heavy atom. The molecule has 5 nitrogen and oxygen atoms in total. The molecule has 0 radical (unpaired) electrons. The summed E-state index contributed by atoms with van der Waals surface area (Å²) in [5.74, 6) is 1.70. The Balaban J connectivity index is 1.41. The van der Waals surface area contributed by atoms with Crippen molar-refractivity contribution in [3.63, 3.8) is 0 Å². The van der Waals surface area contributed by atoms with Gasteiger partial charge in [0.25, 0.3) is 5.91 Å². The number of benzene rings is 1. The van der Waals surface area contributed by atoms with Crippen LogP contribution in [0.1, 0.15) is 16.9 Å². The van der Waals surface area contributed by atoms with Crippen molar-refractivity contribution in [3.8, 4) is 11.5 Å². The van der Waals surface area contributed by atoms with E-state index in [4.69, 9.17) is 8.94 Å². The molecular formula is C17H16N2O3S. The van der Waals surface area contributed by atoms with Gasteiger partial charge in [-0.15, -0.1) is 11.8 Å². The topological polar surface area (TPSA) is 68.3 Å². The molecular weight excluding hydrogens is 312 g/mol. The van der Waals surface area contributed by atoms with E-state index in [1.807, 2.05) is 18.2 Å². The van der Waals surface area contributed by atoms with Gasteiger partial charge in [0.15, 0.2) is 11.5 Å². The molecule has 0 saturated heterocycles. The Morgan fingerprint density at radius 1 is 1.13 bits per heavy atom. The lowest BCUT2D eigenvalue weighted by atomic mass is 10.3. The number of furan rings is 1. The van der Waals surface area contributed by atoms with Gasteiger partial charge in [-0.1, -0.05) is 23.4 Å². The standard InChI is InChI=1S/C17H16N2O3S/c20-17(14-12-16(22-19-14)15-8-4-10-21-15)18-9-5-11-23-13-6-2-1-3-7-13/h1-4,6-8,10,12H,5,9,11H2,(H,18,20). The van der Waals surface area contributed by atoms with Crippen LogP contribution in [0.25, 0.3) is 11.5 Å². The lowest BCUT2D eigenvalue weighted by Crippen LogP contribution is -2.25. The first-order chi connectivity index (χ1) is 11.3. The largest absolute Gasteiger partial charge is 0.461 e. The predicted molar refractivity (Wildman–Crippen MR) is 88.3 cm³/mol. The predicted octanol–water partition coefficient (Wildman–Crippen LogP) is 3.85. The molecule has 0 unspecified atom stereocenters. The molecule has 0 aliphatic carbocycles. The van der Waals surface area contributed by atoms with E-state index in [9.17, 15) is 4.79 Å². The van der Waals surface area contributed by atoms with Crippen LogP contribution in [0, 0.1) is 0 Å². The van der Waals surface area contributed by atoms with E-state index in [1.54, 1.807) is 36.2 Å². The first kappa shape index (κ1) is 15.4. The molecule has 1 amide bonds. The zero-order chi connectivity index (χ0) is 15.9. The van der Waals surface area contributed by atoms with Gasteiger partial charge in [0.05, 0.1) is 6.26 Å². The number of amides is 1. The van der Waals surface area contributed by atoms with Crippen LogP contribution in [0.3, 0.4) is 0 Å². The molecule has 0 aliphatic heterocycles. The maximum absolute atomic E-state index is 12.0. The van der Waals surface area contributed by atoms with Crippen molar-refractivity contribution in [2.24, 2.45) is 0 Å². The summed E-state index contributed by atoms with van der Waals surface area (Å²) < 4.78 is 10.3. The van der Waals surface area contributed by atoms with Gasteiger partial charge >= 0.3 is 0 Å². The summed E-state index contributed by atoms with van der Waals surface area (Å²) in [5.41, 5.74) is 0.257. The number of nitrogens with zero attached hydrogens (tertiary/aromatic N) is 1. The minimum Gasteiger partial charge on any atom is -0.461 e. The fourth-order valence-corrected chi connectivity index (χ4v) is 2.86. The molecule has 0 saturated carbocycles. The molecule has 0 spiro atoms. The molecule has 2 heterocycles. The molecule has 1 N–H and O–H groups in total. The van der Waals surface area contributed by atoms with Crippen molar-refractivity contribution in [2.75, 3.05) is 12.3 Å². The molecule has 0 bridgehead atoms. The maximum Gasteiger partial charge on any atom is 0.273 e. The Labute approximate surface area is 138 Å². The van der Waals surface area contributed by atoms with Crippen LogP contribution in [0.15, 0.2) is 68.6 Å². The maximum atomic E-state index is 12.0. The molecule has 1 aromatic carbocycles. The average molecular weight is 328 g/mol. The summed E-state index contributed by atoms with van der Waals surface area (Å²) >= 11 is 1.77. The van der Waals surface area contributed by atoms with Crippen LogP contribution >= 0.6 is 11.8 Å². The van der Waals surface area contributed by atoms with Crippen molar-refractivity contribution >= 4 is 17.7 Å². The highest BCUT2D eigenvalue weighted by Gasteiger charge is 2.14. The third kappa shape index (κ3) is 4.26. The molecule has 0 aliphatic rings. The van der Waals surface area contributed by atoms with Gasteiger partial charge in [-0.3, -0.25) is 4.79 Å². The molecule has 0 fully saturated rings. The number of rotatable bonds is 7. The van der Waals surface area contributed by atoms with E-state index < -0.39 is 0 Å². The van der Waals surface area contributed by atoms with Gasteiger partial charge < -0.3 is 14.3 Å². The zero-order valence-electron chi connectivity index (χ0n) is 12.4. The summed E-state index contributed by atoms with van der Waals surface area (Å²) in [6.07, 6.45) is 2.43.